The number of carboxylic acid groups (broad SMARTS) is 1. The van der Waals surface area contributed by atoms with Crippen molar-refractivity contribution in [2.75, 3.05) is 62.8 Å². The van der Waals surface area contributed by atoms with Crippen LogP contribution in [-0.4, -0.2) is 88.3 Å². The molecule has 3 fully saturated rings. The van der Waals surface area contributed by atoms with Gasteiger partial charge in [0.05, 0.1) is 33.4 Å². The van der Waals surface area contributed by atoms with Gasteiger partial charge in [-0.2, -0.15) is 0 Å². The Hall–Kier alpha value is -4.42. The Morgan fingerprint density at radius 3 is 2.74 bits per heavy atom. The van der Waals surface area contributed by atoms with Gasteiger partial charge >= 0.3 is 5.97 Å². The van der Waals surface area contributed by atoms with E-state index in [1.165, 1.54) is 0 Å². The summed E-state index contributed by atoms with van der Waals surface area (Å²) in [5.74, 6) is -1.51. The van der Waals surface area contributed by atoms with Crippen LogP contribution in [0.3, 0.4) is 0 Å². The molecule has 3 atom stereocenters. The van der Waals surface area contributed by atoms with Crippen molar-refractivity contribution in [3.05, 3.63) is 63.0 Å². The number of aromatic carboxylic acids is 1. The predicted molar refractivity (Wildman–Crippen MR) is 178 cm³/mol. The Bertz CT molecular complexity index is 1990. The number of carboxylic acids is 1. The molecule has 4 aliphatic rings. The molecule has 4 aromatic rings. The lowest BCUT2D eigenvalue weighted by molar-refractivity contribution is 0.0693. The number of allylic oxidation sites excluding steroid dienone is 1. The maximum absolute atomic E-state index is 16.1. The van der Waals surface area contributed by atoms with Crippen molar-refractivity contribution in [2.24, 2.45) is 5.92 Å². The van der Waals surface area contributed by atoms with E-state index in [1.807, 2.05) is 12.3 Å². The van der Waals surface area contributed by atoms with Crippen LogP contribution in [0.15, 0.2) is 29.2 Å². The monoisotopic (exact) mass is 626 g/mol. The minimum Gasteiger partial charge on any atom is -0.477 e. The van der Waals surface area contributed by atoms with Crippen molar-refractivity contribution < 1.29 is 14.3 Å². The maximum Gasteiger partial charge on any atom is 0.341 e. The molecule has 1 aromatic carbocycles. The Kier molecular flexibility index (Phi) is 6.84. The minimum absolute atomic E-state index is 0.0544. The largest absolute Gasteiger partial charge is 0.477 e. The second-order valence-corrected chi connectivity index (χ2v) is 13.4. The minimum atomic E-state index is -1.22. The fraction of sp³-hybridized carbons (Fsp3) is 0.441. The van der Waals surface area contributed by atoms with Crippen LogP contribution in [0.25, 0.3) is 28.0 Å². The number of nitrogens with two attached hydrogens (primary N) is 1. The molecule has 11 nitrogen and oxygen atoms in total. The third-order valence-corrected chi connectivity index (χ3v) is 10.7. The Balaban J connectivity index is 1.33. The molecule has 3 saturated heterocycles. The van der Waals surface area contributed by atoms with Gasteiger partial charge in [0, 0.05) is 69.2 Å². The summed E-state index contributed by atoms with van der Waals surface area (Å²) in [6.45, 7) is 5.49. The number of aromatic nitrogens is 3. The van der Waals surface area contributed by atoms with E-state index in [0.717, 1.165) is 74.5 Å². The van der Waals surface area contributed by atoms with Crippen LogP contribution in [0.2, 0.25) is 0 Å². The molecule has 7 heterocycles. The van der Waals surface area contributed by atoms with E-state index in [1.54, 1.807) is 23.7 Å². The van der Waals surface area contributed by atoms with Crippen molar-refractivity contribution >= 4 is 51.0 Å². The number of rotatable bonds is 6. The first-order valence-corrected chi connectivity index (χ1v) is 16.2. The lowest BCUT2D eigenvalue weighted by Gasteiger charge is -2.32. The molecule has 0 spiro atoms. The first kappa shape index (κ1) is 29.0. The molecule has 4 aliphatic heterocycles. The van der Waals surface area contributed by atoms with Crippen LogP contribution < -0.4 is 21.5 Å². The molecule has 240 valence electrons. The molecule has 0 bridgehead atoms. The molecule has 0 aliphatic carbocycles. The Labute approximate surface area is 265 Å². The van der Waals surface area contributed by atoms with Crippen LogP contribution in [0.4, 0.5) is 21.5 Å². The number of halogens is 1. The van der Waals surface area contributed by atoms with Gasteiger partial charge in [-0.25, -0.2) is 14.2 Å². The van der Waals surface area contributed by atoms with Crippen LogP contribution in [-0.2, 0) is 13.1 Å². The maximum atomic E-state index is 16.1. The summed E-state index contributed by atoms with van der Waals surface area (Å²) in [7, 11) is 3.92. The lowest BCUT2D eigenvalue weighted by atomic mass is 9.91. The van der Waals surface area contributed by atoms with Gasteiger partial charge in [0.2, 0.25) is 0 Å². The zero-order chi connectivity index (χ0) is 31.9. The van der Waals surface area contributed by atoms with Crippen molar-refractivity contribution in [3.8, 4) is 0 Å². The third kappa shape index (κ3) is 4.41. The highest BCUT2D eigenvalue weighted by molar-refractivity contribution is 6.17. The summed E-state index contributed by atoms with van der Waals surface area (Å²) in [5.41, 5.74) is 10.8. The summed E-state index contributed by atoms with van der Waals surface area (Å²) < 4.78 is 17.7. The fourth-order valence-electron chi connectivity index (χ4n) is 8.48. The highest BCUT2D eigenvalue weighted by Crippen LogP contribution is 2.47. The summed E-state index contributed by atoms with van der Waals surface area (Å²) >= 11 is 0. The highest BCUT2D eigenvalue weighted by Gasteiger charge is 2.42. The van der Waals surface area contributed by atoms with E-state index in [0.29, 0.717) is 40.1 Å². The normalized spacial score (nSPS) is 23.1. The summed E-state index contributed by atoms with van der Waals surface area (Å²) in [4.78, 5) is 41.2. The number of fused-ring (bicyclic) bond motifs is 5. The van der Waals surface area contributed by atoms with Gasteiger partial charge in [0.1, 0.15) is 11.2 Å². The molecular weight excluding hydrogens is 587 g/mol. The number of likely N-dealkylation sites (N-methyl/N-ethyl adjacent to an activating group) is 1. The van der Waals surface area contributed by atoms with Crippen molar-refractivity contribution in [1.29, 1.82) is 0 Å². The number of likely N-dealkylation sites (tertiary alicyclic amines) is 2. The number of carbonyl (C=O) groups is 1. The van der Waals surface area contributed by atoms with Gasteiger partial charge in [-0.1, -0.05) is 6.08 Å². The highest BCUT2D eigenvalue weighted by atomic mass is 19.1. The van der Waals surface area contributed by atoms with Crippen molar-refractivity contribution in [1.82, 2.24) is 24.3 Å². The molecular formula is C34H39FN8O3. The van der Waals surface area contributed by atoms with E-state index in [2.05, 4.69) is 38.1 Å². The first-order valence-electron chi connectivity index (χ1n) is 16.2. The van der Waals surface area contributed by atoms with Crippen LogP contribution in [0.1, 0.15) is 52.4 Å². The predicted octanol–water partition coefficient (Wildman–Crippen LogP) is 3.89. The standard InChI is InChI=1S/C34H39FN8O3/c1-37-24-12-23(36)29(35)27-28-31(42-10-7-19-14-40(2)17-26(19)42)22(13-38-32(28)39-30(24)27)18-5-6-25-20(15-41-8-3-4-9-41)11-21(34(45)46)33(44)43(25)16-18/h5-6,11-13,18-19,26,37H,3-4,7-10,14-17,36H2,1-2H3,(H,38,39)(H,45,46)/t18?,19?,26-/m1/s1. The van der Waals surface area contributed by atoms with E-state index >= 15 is 4.39 Å². The number of hydrogen-bond donors (Lipinski definition) is 4. The van der Waals surface area contributed by atoms with Gasteiger partial charge in [-0.15, -0.1) is 0 Å². The number of nitrogens with zero attached hydrogens (tertiary/aromatic N) is 5. The van der Waals surface area contributed by atoms with Crippen LogP contribution in [0, 0.1) is 11.7 Å². The molecule has 46 heavy (non-hydrogen) atoms. The van der Waals surface area contributed by atoms with E-state index in [9.17, 15) is 14.7 Å². The van der Waals surface area contributed by atoms with Gasteiger partial charge in [-0.3, -0.25) is 9.69 Å². The summed E-state index contributed by atoms with van der Waals surface area (Å²) in [5, 5.41) is 14.2. The molecule has 3 aromatic heterocycles. The number of pyridine rings is 2. The molecule has 2 unspecified atom stereocenters. The molecule has 8 rings (SSSR count). The van der Waals surface area contributed by atoms with Crippen LogP contribution >= 0.6 is 0 Å². The number of anilines is 3. The lowest BCUT2D eigenvalue weighted by Crippen LogP contribution is -2.36. The van der Waals surface area contributed by atoms with Gasteiger partial charge in [-0.05, 0) is 69.1 Å². The van der Waals surface area contributed by atoms with E-state index < -0.39 is 17.3 Å². The molecule has 0 radical (unpaired) electrons. The van der Waals surface area contributed by atoms with E-state index in [-0.39, 0.29) is 29.8 Å². The topological polar surface area (TPSA) is 136 Å². The SMILES string of the molecule is CNc1cc(N)c(F)c2c1[nH]c1ncc(C3C=Cc4c(CN5CCCC5)cc(C(=O)O)c(=O)n4C3)c(N3CCC4CN(C)C[C@H]43)c12. The van der Waals surface area contributed by atoms with Crippen molar-refractivity contribution in [2.45, 2.75) is 44.3 Å². The van der Waals surface area contributed by atoms with Crippen molar-refractivity contribution in [3.63, 3.8) is 0 Å². The summed E-state index contributed by atoms with van der Waals surface area (Å²) in [6.07, 6.45) is 9.15. The van der Waals surface area contributed by atoms with Gasteiger partial charge < -0.3 is 35.5 Å². The smallest absolute Gasteiger partial charge is 0.341 e. The fourth-order valence-corrected chi connectivity index (χ4v) is 8.48. The molecule has 0 saturated carbocycles. The van der Waals surface area contributed by atoms with E-state index in [4.69, 9.17) is 10.7 Å². The third-order valence-electron chi connectivity index (χ3n) is 10.7. The number of aromatic amines is 1. The van der Waals surface area contributed by atoms with Gasteiger partial charge in [0.15, 0.2) is 5.82 Å². The quantitative estimate of drug-likeness (QED) is 0.235. The Morgan fingerprint density at radius 1 is 1.17 bits per heavy atom. The molecule has 12 heteroatoms. The number of hydrogen-bond acceptors (Lipinski definition) is 8. The molecule has 0 amide bonds. The number of benzene rings is 1. The second kappa shape index (κ2) is 10.8. The summed E-state index contributed by atoms with van der Waals surface area (Å²) in [6, 6.07) is 3.40. The average Bonchev–Trinajstić information content (AvgIpc) is 3.84. The second-order valence-electron chi connectivity index (χ2n) is 13.4. The zero-order valence-electron chi connectivity index (χ0n) is 26.1. The molecule has 5 N–H and O–H groups in total. The van der Waals surface area contributed by atoms with Crippen LogP contribution in [0.5, 0.6) is 0 Å². The number of nitrogen functional groups attached to an aromatic ring is 1. The average molecular weight is 627 g/mol. The Morgan fingerprint density at radius 2 is 1.98 bits per heavy atom. The zero-order valence-corrected chi connectivity index (χ0v) is 26.1. The number of nitrogens with one attached hydrogen (secondary N) is 2. The first-order chi connectivity index (χ1) is 22.2. The van der Waals surface area contributed by atoms with Gasteiger partial charge in [0.25, 0.3) is 5.56 Å². The number of H-pyrrole nitrogens is 1.